The minimum absolute atomic E-state index is 0.176. The van der Waals surface area contributed by atoms with Crippen LogP contribution in [0.3, 0.4) is 0 Å². The van der Waals surface area contributed by atoms with E-state index >= 15 is 0 Å². The van der Waals surface area contributed by atoms with Crippen LogP contribution in [0.15, 0.2) is 58.6 Å². The maximum absolute atomic E-state index is 14.8. The molecule has 1 saturated heterocycles. The summed E-state index contributed by atoms with van der Waals surface area (Å²) in [7, 11) is 1.49. The van der Waals surface area contributed by atoms with Gasteiger partial charge in [0.25, 0.3) is 5.56 Å². The summed E-state index contributed by atoms with van der Waals surface area (Å²) >= 11 is 0. The highest BCUT2D eigenvalue weighted by Crippen LogP contribution is 2.61. The maximum atomic E-state index is 14.8. The van der Waals surface area contributed by atoms with Crippen LogP contribution < -0.4 is 20.9 Å². The van der Waals surface area contributed by atoms with Crippen LogP contribution in [-0.4, -0.2) is 75.9 Å². The highest BCUT2D eigenvalue weighted by molar-refractivity contribution is 5.96. The molecule has 48 heavy (non-hydrogen) atoms. The quantitative estimate of drug-likeness (QED) is 0.175. The minimum atomic E-state index is -0.450. The van der Waals surface area contributed by atoms with Gasteiger partial charge in [0.05, 0.1) is 30.1 Å². The summed E-state index contributed by atoms with van der Waals surface area (Å²) in [6.07, 6.45) is 5.87. The molecular formula is C36H44F2N8O2. The van der Waals surface area contributed by atoms with Crippen LogP contribution >= 0.6 is 0 Å². The lowest BCUT2D eigenvalue weighted by atomic mass is 9.45. The van der Waals surface area contributed by atoms with E-state index in [0.717, 1.165) is 18.1 Å². The van der Waals surface area contributed by atoms with Crippen molar-refractivity contribution in [2.45, 2.75) is 58.7 Å². The van der Waals surface area contributed by atoms with Gasteiger partial charge in [-0.3, -0.25) is 9.36 Å². The van der Waals surface area contributed by atoms with E-state index in [0.29, 0.717) is 76.7 Å². The molecule has 2 aromatic carbocycles. The van der Waals surface area contributed by atoms with Crippen molar-refractivity contribution in [1.82, 2.24) is 29.7 Å². The molecule has 0 unspecified atom stereocenters. The van der Waals surface area contributed by atoms with E-state index in [9.17, 15) is 13.6 Å². The first-order chi connectivity index (χ1) is 23.2. The Bertz CT molecular complexity index is 1870. The number of guanidine groups is 1. The van der Waals surface area contributed by atoms with Crippen LogP contribution in [-0.2, 0) is 13.0 Å². The maximum Gasteiger partial charge on any atom is 0.261 e. The van der Waals surface area contributed by atoms with Gasteiger partial charge in [0.1, 0.15) is 18.2 Å². The van der Waals surface area contributed by atoms with E-state index in [2.05, 4.69) is 46.3 Å². The zero-order valence-corrected chi connectivity index (χ0v) is 28.0. The molecule has 0 spiro atoms. The highest BCUT2D eigenvalue weighted by atomic mass is 19.1. The van der Waals surface area contributed by atoms with Crippen molar-refractivity contribution in [2.75, 3.05) is 38.7 Å². The Hall–Kier alpha value is -4.32. The van der Waals surface area contributed by atoms with Crippen molar-refractivity contribution < 1.29 is 13.5 Å². The van der Waals surface area contributed by atoms with Crippen molar-refractivity contribution in [3.05, 3.63) is 70.5 Å². The molecule has 254 valence electrons. The number of H-pyrrole nitrogens is 1. The molecule has 4 aliphatic rings. The second-order valence-electron chi connectivity index (χ2n) is 14.1. The monoisotopic (exact) mass is 658 g/mol. The summed E-state index contributed by atoms with van der Waals surface area (Å²) < 4.78 is 35.2. The summed E-state index contributed by atoms with van der Waals surface area (Å²) in [6.45, 7) is 8.72. The fraction of sp³-hybridized carbons (Fsp3) is 0.500. The van der Waals surface area contributed by atoms with Crippen LogP contribution in [0.2, 0.25) is 0 Å². The van der Waals surface area contributed by atoms with Gasteiger partial charge in [0.15, 0.2) is 17.6 Å². The van der Waals surface area contributed by atoms with E-state index in [-0.39, 0.29) is 30.6 Å². The predicted molar refractivity (Wildman–Crippen MR) is 184 cm³/mol. The number of aromatic nitrogens is 4. The first-order valence-electron chi connectivity index (χ1n) is 16.9. The standard InChI is InChI=1S/C36H44F2N8O2/c1-21-28-15-23(36(28,2)3)16-30(21)44-35(45-14-12-39-25(19-37)20-45)42-24-6-8-27-31(17-24)43-33(32-40-10-11-41-32)46(34(27)47)13-9-22-5-7-26(48-4)18-29(22)38/h5-8,10-11,17-18,21,23,25,28,30,39H,9,12-16,19-20H2,1-4H3,(H,40,41)(H,42,44)/t21-,23+,25-,28-,30-/m0/s1. The summed E-state index contributed by atoms with van der Waals surface area (Å²) in [4.78, 5) is 33.8. The molecule has 5 atom stereocenters. The number of nitrogens with one attached hydrogen (secondary N) is 3. The van der Waals surface area contributed by atoms with Crippen LogP contribution in [0.4, 0.5) is 14.5 Å². The van der Waals surface area contributed by atoms with Crippen LogP contribution in [0.5, 0.6) is 5.75 Å². The van der Waals surface area contributed by atoms with Crippen molar-refractivity contribution in [3.63, 3.8) is 0 Å². The largest absolute Gasteiger partial charge is 0.497 e. The lowest BCUT2D eigenvalue weighted by Gasteiger charge is -2.61. The number of ether oxygens (including phenoxy) is 1. The average Bonchev–Trinajstić information content (AvgIpc) is 3.63. The highest BCUT2D eigenvalue weighted by Gasteiger charge is 2.56. The third kappa shape index (κ3) is 5.95. The molecule has 3 saturated carbocycles. The number of aromatic amines is 1. The number of halogens is 2. The molecule has 2 aromatic heterocycles. The minimum Gasteiger partial charge on any atom is -0.497 e. The molecule has 10 nitrogen and oxygen atoms in total. The fourth-order valence-corrected chi connectivity index (χ4v) is 8.06. The Labute approximate surface area is 279 Å². The van der Waals surface area contributed by atoms with E-state index < -0.39 is 12.5 Å². The smallest absolute Gasteiger partial charge is 0.261 e. The average molecular weight is 659 g/mol. The van der Waals surface area contributed by atoms with Gasteiger partial charge < -0.3 is 25.3 Å². The Morgan fingerprint density at radius 1 is 1.21 bits per heavy atom. The number of fused-ring (bicyclic) bond motifs is 3. The second-order valence-corrected chi connectivity index (χ2v) is 14.1. The lowest BCUT2D eigenvalue weighted by Crippen LogP contribution is -2.58. The normalized spacial score (nSPS) is 25.2. The number of aryl methyl sites for hydroxylation is 1. The summed E-state index contributed by atoms with van der Waals surface area (Å²) in [5, 5.41) is 7.25. The van der Waals surface area contributed by atoms with Crippen LogP contribution in [0, 0.1) is 29.0 Å². The molecule has 4 fully saturated rings. The third-order valence-corrected chi connectivity index (χ3v) is 11.1. The van der Waals surface area contributed by atoms with Crippen molar-refractivity contribution in [2.24, 2.45) is 28.2 Å². The first kappa shape index (κ1) is 32.2. The Morgan fingerprint density at radius 3 is 2.77 bits per heavy atom. The number of imidazole rings is 1. The topological polar surface area (TPSA) is 112 Å². The number of rotatable bonds is 8. The molecular weight excluding hydrogens is 614 g/mol. The number of methoxy groups -OCH3 is 1. The van der Waals surface area contributed by atoms with E-state index in [4.69, 9.17) is 14.7 Å². The molecule has 3 N–H and O–H groups in total. The molecule has 4 aromatic rings. The second kappa shape index (κ2) is 12.9. The molecule has 0 amide bonds. The number of alkyl halides is 1. The van der Waals surface area contributed by atoms with Gasteiger partial charge in [-0.05, 0) is 72.3 Å². The Kier molecular flexibility index (Phi) is 8.69. The van der Waals surface area contributed by atoms with Gasteiger partial charge >= 0.3 is 0 Å². The molecule has 8 rings (SSSR count). The van der Waals surface area contributed by atoms with E-state index in [1.165, 1.54) is 19.6 Å². The number of aliphatic imine (C=N–C) groups is 1. The fourth-order valence-electron chi connectivity index (χ4n) is 8.06. The lowest BCUT2D eigenvalue weighted by molar-refractivity contribution is -0.108. The number of hydrogen-bond donors (Lipinski definition) is 3. The number of benzene rings is 2. The van der Waals surface area contributed by atoms with Gasteiger partial charge in [0, 0.05) is 50.3 Å². The van der Waals surface area contributed by atoms with E-state index in [1.54, 1.807) is 35.2 Å². The number of nitrogens with zero attached hydrogens (tertiary/aromatic N) is 5. The van der Waals surface area contributed by atoms with Gasteiger partial charge in [0.2, 0.25) is 0 Å². The number of anilines is 1. The van der Waals surface area contributed by atoms with Gasteiger partial charge in [-0.15, -0.1) is 0 Å². The molecule has 12 heteroatoms. The van der Waals surface area contributed by atoms with Crippen molar-refractivity contribution in [1.29, 1.82) is 0 Å². The zero-order valence-electron chi connectivity index (χ0n) is 28.0. The first-order valence-corrected chi connectivity index (χ1v) is 16.9. The van der Waals surface area contributed by atoms with E-state index in [1.807, 2.05) is 12.1 Å². The van der Waals surface area contributed by atoms with Crippen LogP contribution in [0.25, 0.3) is 22.6 Å². The molecule has 2 bridgehead atoms. The molecule has 1 aliphatic heterocycles. The Balaban J connectivity index is 1.22. The number of hydrogen-bond acceptors (Lipinski definition) is 6. The predicted octanol–water partition coefficient (Wildman–Crippen LogP) is 5.26. The molecule has 0 radical (unpaired) electrons. The van der Waals surface area contributed by atoms with Crippen molar-refractivity contribution in [3.8, 4) is 17.4 Å². The summed E-state index contributed by atoms with van der Waals surface area (Å²) in [5.41, 5.74) is 1.81. The summed E-state index contributed by atoms with van der Waals surface area (Å²) in [5.74, 6) is 3.31. The van der Waals surface area contributed by atoms with Gasteiger partial charge in [-0.25, -0.2) is 23.7 Å². The van der Waals surface area contributed by atoms with Crippen molar-refractivity contribution >= 4 is 22.5 Å². The van der Waals surface area contributed by atoms with Gasteiger partial charge in [-0.2, -0.15) is 0 Å². The van der Waals surface area contributed by atoms with Gasteiger partial charge in [-0.1, -0.05) is 26.8 Å². The van der Waals surface area contributed by atoms with Crippen LogP contribution in [0.1, 0.15) is 39.2 Å². The zero-order chi connectivity index (χ0) is 33.6. The SMILES string of the molecule is COc1ccc(CCn2c(-c3ncc[nH]3)nc3cc(NC(=N[C@H]4C[C@H]5C[C@@H]([C@@H]4C)C5(C)C)N4CCN[C@@H](CF)C4)ccc3c2=O)c(F)c1. The Morgan fingerprint density at radius 2 is 2.06 bits per heavy atom. The summed E-state index contributed by atoms with van der Waals surface area (Å²) in [6, 6.07) is 10.1. The third-order valence-electron chi connectivity index (χ3n) is 11.1. The number of piperazine rings is 1. The molecule has 3 heterocycles. The molecule has 3 aliphatic carbocycles.